The number of nitrogens with one attached hydrogen (secondary N) is 1. The normalized spacial score (nSPS) is 12.7. The van der Waals surface area contributed by atoms with Crippen LogP contribution in [-0.4, -0.2) is 28.9 Å². The minimum absolute atomic E-state index is 0.0437. The molecule has 0 aliphatic carbocycles. The zero-order valence-electron chi connectivity index (χ0n) is 20.6. The van der Waals surface area contributed by atoms with E-state index in [-0.39, 0.29) is 17.3 Å². The van der Waals surface area contributed by atoms with Crippen LogP contribution in [0.4, 0.5) is 24.7 Å². The maximum absolute atomic E-state index is 13.4. The summed E-state index contributed by atoms with van der Waals surface area (Å²) in [6.07, 6.45) is 5.79. The van der Waals surface area contributed by atoms with Crippen molar-refractivity contribution in [2.24, 2.45) is 7.05 Å². The van der Waals surface area contributed by atoms with E-state index in [2.05, 4.69) is 10.1 Å². The number of fused-ring (bicyclic) bond motifs is 1. The quantitative estimate of drug-likeness (QED) is 0.250. The van der Waals surface area contributed by atoms with Crippen LogP contribution in [0.5, 0.6) is 5.75 Å². The maximum atomic E-state index is 13.4. The molecule has 5 aromatic rings. The van der Waals surface area contributed by atoms with Crippen LogP contribution in [0.2, 0.25) is 0 Å². The molecule has 3 aromatic heterocycles. The van der Waals surface area contributed by atoms with Crippen molar-refractivity contribution in [1.82, 2.24) is 14.8 Å². The van der Waals surface area contributed by atoms with E-state index in [4.69, 9.17) is 14.9 Å². The summed E-state index contributed by atoms with van der Waals surface area (Å²) >= 11 is 0. The highest BCUT2D eigenvalue weighted by molar-refractivity contribution is 7.93. The van der Waals surface area contributed by atoms with Crippen molar-refractivity contribution in [1.29, 1.82) is 0 Å². The number of hydrogen-bond acceptors (Lipinski definition) is 7. The lowest BCUT2D eigenvalue weighted by Crippen LogP contribution is -2.21. The summed E-state index contributed by atoms with van der Waals surface area (Å²) in [5.41, 5.74) is 9.46. The van der Waals surface area contributed by atoms with Crippen LogP contribution < -0.4 is 15.2 Å². The number of aromatic nitrogens is 3. The minimum atomic E-state index is -4.99. The van der Waals surface area contributed by atoms with Gasteiger partial charge < -0.3 is 14.9 Å². The summed E-state index contributed by atoms with van der Waals surface area (Å²) in [5.74, 6) is -3.96. The van der Waals surface area contributed by atoms with Crippen molar-refractivity contribution in [3.8, 4) is 28.0 Å². The van der Waals surface area contributed by atoms with Crippen molar-refractivity contribution in [2.75, 3.05) is 10.5 Å². The molecule has 3 heterocycles. The van der Waals surface area contributed by atoms with Crippen molar-refractivity contribution >= 4 is 32.5 Å². The molecule has 5 rings (SSSR count). The first-order valence-electron chi connectivity index (χ1n) is 11.5. The smallest absolute Gasteiger partial charge is 0.355 e. The predicted molar refractivity (Wildman–Crippen MR) is 140 cm³/mol. The van der Waals surface area contributed by atoms with Gasteiger partial charge in [-0.15, -0.1) is 0 Å². The number of benzene rings is 2. The van der Waals surface area contributed by atoms with Gasteiger partial charge in [-0.2, -0.15) is 13.9 Å². The predicted octanol–water partition coefficient (Wildman–Crippen LogP) is 5.72. The van der Waals surface area contributed by atoms with E-state index in [1.807, 2.05) is 4.72 Å². The molecule has 0 bridgehead atoms. The standard InChI is InChI=1S/C26H22F3N5O4S/c1-14(15-3-6-18(27)7-4-15)38-22-9-16(5-8-21(22)33-39(35,36)26(28)29)20-13-37-24-19(11-31-25(30)23(20)24)17-10-32-34(2)12-17/h3-14,26,33H,1-2H3,(H2,30,31)/t14-/m0/s1. The SMILES string of the molecule is C[C@H](Oc1cc(-c2coc3c(-c4cnn(C)c4)cnc(N)c23)ccc1NS(=O)(=O)C(F)F)c1ccc(F)cc1. The lowest BCUT2D eigenvalue weighted by molar-refractivity contribution is 0.228. The molecule has 9 nitrogen and oxygen atoms in total. The monoisotopic (exact) mass is 557 g/mol. The number of ether oxygens (including phenoxy) is 1. The Balaban J connectivity index is 1.61. The first kappa shape index (κ1) is 26.1. The van der Waals surface area contributed by atoms with Gasteiger partial charge in [0.15, 0.2) is 0 Å². The molecular weight excluding hydrogens is 535 g/mol. The third kappa shape index (κ3) is 5.12. The average Bonchev–Trinajstić information content (AvgIpc) is 3.53. The van der Waals surface area contributed by atoms with Gasteiger partial charge in [0.25, 0.3) is 10.0 Å². The highest BCUT2D eigenvalue weighted by Gasteiger charge is 2.26. The molecule has 3 N–H and O–H groups in total. The molecule has 0 spiro atoms. The highest BCUT2D eigenvalue weighted by Crippen LogP contribution is 2.41. The van der Waals surface area contributed by atoms with Crippen molar-refractivity contribution in [2.45, 2.75) is 18.8 Å². The zero-order chi connectivity index (χ0) is 27.9. The van der Waals surface area contributed by atoms with Crippen molar-refractivity contribution in [3.63, 3.8) is 0 Å². The van der Waals surface area contributed by atoms with E-state index >= 15 is 0 Å². The number of nitrogens with two attached hydrogens (primary N) is 1. The van der Waals surface area contributed by atoms with Gasteiger partial charge in [0.1, 0.15) is 29.1 Å². The number of sulfonamides is 1. The van der Waals surface area contributed by atoms with Crippen LogP contribution in [0.3, 0.4) is 0 Å². The molecule has 2 aromatic carbocycles. The number of pyridine rings is 1. The molecule has 0 unspecified atom stereocenters. The van der Waals surface area contributed by atoms with E-state index in [9.17, 15) is 21.6 Å². The third-order valence-corrected chi connectivity index (χ3v) is 7.04. The number of nitrogen functional groups attached to an aromatic ring is 1. The second-order valence-corrected chi connectivity index (χ2v) is 10.4. The first-order valence-corrected chi connectivity index (χ1v) is 13.1. The van der Waals surface area contributed by atoms with Crippen LogP contribution in [0, 0.1) is 5.82 Å². The van der Waals surface area contributed by atoms with Gasteiger partial charge in [-0.1, -0.05) is 18.2 Å². The number of rotatable bonds is 8. The van der Waals surface area contributed by atoms with E-state index in [1.54, 1.807) is 37.2 Å². The second-order valence-electron chi connectivity index (χ2n) is 8.74. The fourth-order valence-electron chi connectivity index (χ4n) is 4.11. The third-order valence-electron chi connectivity index (χ3n) is 6.06. The Kier molecular flexibility index (Phi) is 6.68. The summed E-state index contributed by atoms with van der Waals surface area (Å²) in [4.78, 5) is 4.30. The largest absolute Gasteiger partial charge is 0.484 e. The van der Waals surface area contributed by atoms with E-state index < -0.39 is 27.7 Å². The fourth-order valence-corrected chi connectivity index (χ4v) is 4.67. The summed E-state index contributed by atoms with van der Waals surface area (Å²) in [6, 6.07) is 9.79. The molecule has 39 heavy (non-hydrogen) atoms. The highest BCUT2D eigenvalue weighted by atomic mass is 32.2. The Morgan fingerprint density at radius 3 is 2.49 bits per heavy atom. The van der Waals surface area contributed by atoms with Crippen molar-refractivity contribution in [3.05, 3.63) is 78.7 Å². The molecule has 0 aliphatic heterocycles. The Hall–Kier alpha value is -4.52. The van der Waals surface area contributed by atoms with Gasteiger partial charge in [-0.05, 0) is 42.3 Å². The van der Waals surface area contributed by atoms with Gasteiger partial charge in [-0.3, -0.25) is 9.40 Å². The summed E-state index contributed by atoms with van der Waals surface area (Å²) in [5, 5.41) is 4.67. The van der Waals surface area contributed by atoms with Crippen LogP contribution >= 0.6 is 0 Å². The lowest BCUT2D eigenvalue weighted by atomic mass is 10.0. The number of aryl methyl sites for hydroxylation is 1. The Bertz CT molecular complexity index is 1770. The number of halogens is 3. The molecule has 13 heteroatoms. The fraction of sp³-hybridized carbons (Fsp3) is 0.154. The van der Waals surface area contributed by atoms with Gasteiger partial charge in [-0.25, -0.2) is 17.8 Å². The average molecular weight is 558 g/mol. The van der Waals surface area contributed by atoms with Gasteiger partial charge in [0.05, 0.1) is 23.5 Å². The Labute approximate surface area is 221 Å². The number of nitrogens with zero attached hydrogens (tertiary/aromatic N) is 3. The first-order chi connectivity index (χ1) is 18.5. The molecule has 0 fully saturated rings. The number of alkyl halides is 2. The molecule has 1 atom stereocenters. The van der Waals surface area contributed by atoms with Gasteiger partial charge >= 0.3 is 5.76 Å². The molecule has 202 valence electrons. The van der Waals surface area contributed by atoms with Crippen molar-refractivity contribution < 1.29 is 30.7 Å². The minimum Gasteiger partial charge on any atom is -0.484 e. The lowest BCUT2D eigenvalue weighted by Gasteiger charge is -2.19. The number of hydrogen-bond donors (Lipinski definition) is 2. The Morgan fingerprint density at radius 2 is 1.82 bits per heavy atom. The zero-order valence-corrected chi connectivity index (χ0v) is 21.4. The Morgan fingerprint density at radius 1 is 1.08 bits per heavy atom. The molecule has 0 saturated heterocycles. The van der Waals surface area contributed by atoms with E-state index in [0.717, 1.165) is 5.56 Å². The summed E-state index contributed by atoms with van der Waals surface area (Å²) in [7, 11) is -3.22. The summed E-state index contributed by atoms with van der Waals surface area (Å²) in [6.45, 7) is 1.65. The maximum Gasteiger partial charge on any atom is 0.355 e. The van der Waals surface area contributed by atoms with E-state index in [1.165, 1.54) is 48.7 Å². The molecule has 0 radical (unpaired) electrons. The molecule has 0 amide bonds. The number of anilines is 2. The second kappa shape index (κ2) is 9.98. The molecule has 0 saturated carbocycles. The topological polar surface area (TPSA) is 125 Å². The molecular formula is C26H22F3N5O4S. The number of furan rings is 1. The molecule has 0 aliphatic rings. The summed E-state index contributed by atoms with van der Waals surface area (Å²) < 4.78 is 78.9. The van der Waals surface area contributed by atoms with Crippen LogP contribution in [-0.2, 0) is 17.1 Å². The van der Waals surface area contributed by atoms with Crippen LogP contribution in [0.1, 0.15) is 18.6 Å². The van der Waals surface area contributed by atoms with Gasteiger partial charge in [0.2, 0.25) is 0 Å². The van der Waals surface area contributed by atoms with E-state index in [0.29, 0.717) is 33.2 Å². The van der Waals surface area contributed by atoms with Gasteiger partial charge in [0, 0.05) is 36.1 Å². The van der Waals surface area contributed by atoms with Crippen LogP contribution in [0.15, 0.2) is 71.7 Å². The van der Waals surface area contributed by atoms with Crippen LogP contribution in [0.25, 0.3) is 33.2 Å².